The van der Waals surface area contributed by atoms with Gasteiger partial charge in [-0.15, -0.1) is 0 Å². The Bertz CT molecular complexity index is 1640. The number of carboxylic acid groups (broad SMARTS) is 1. The molecule has 0 aliphatic rings. The monoisotopic (exact) mass is 566 g/mol. The van der Waals surface area contributed by atoms with Gasteiger partial charge in [0.2, 0.25) is 21.8 Å². The van der Waals surface area contributed by atoms with Crippen LogP contribution in [0.4, 0.5) is 5.69 Å². The fourth-order valence-electron chi connectivity index (χ4n) is 3.91. The number of carbonyl (C=O) groups excluding carboxylic acids is 1. The lowest BCUT2D eigenvalue weighted by Crippen LogP contribution is -2.24. The molecule has 0 bridgehead atoms. The van der Waals surface area contributed by atoms with Gasteiger partial charge in [-0.25, -0.2) is 17.9 Å². The summed E-state index contributed by atoms with van der Waals surface area (Å²) in [4.78, 5) is 24.0. The van der Waals surface area contributed by atoms with Crippen molar-refractivity contribution in [2.24, 2.45) is 5.92 Å². The Morgan fingerprint density at radius 1 is 1.12 bits per heavy atom. The molecule has 4 rings (SSSR count). The van der Waals surface area contributed by atoms with Gasteiger partial charge in [0.25, 0.3) is 0 Å². The number of hydrogen-bond donors (Lipinski definition) is 3. The number of amides is 1. The Morgan fingerprint density at radius 3 is 2.52 bits per heavy atom. The SMILES string of the molecule is CCc1ccccc1-n1nc(C(=O)O)c(C)c1Oc1ccc(NC(=O)C(C)C)cc1S(=O)(=O)NCc1ccco1. The van der Waals surface area contributed by atoms with Crippen LogP contribution < -0.4 is 14.8 Å². The zero-order valence-electron chi connectivity index (χ0n) is 22.5. The third-order valence-electron chi connectivity index (χ3n) is 6.12. The van der Waals surface area contributed by atoms with Crippen molar-refractivity contribution in [3.05, 3.63) is 83.4 Å². The van der Waals surface area contributed by atoms with Crippen LogP contribution in [0.3, 0.4) is 0 Å². The van der Waals surface area contributed by atoms with Gasteiger partial charge in [0.1, 0.15) is 16.4 Å². The number of furan rings is 1. The zero-order chi connectivity index (χ0) is 29.0. The number of rotatable bonds is 11. The van der Waals surface area contributed by atoms with Crippen molar-refractivity contribution in [3.8, 4) is 17.3 Å². The molecule has 0 fully saturated rings. The molecule has 210 valence electrons. The Morgan fingerprint density at radius 2 is 1.88 bits per heavy atom. The molecule has 0 atom stereocenters. The number of carbonyl (C=O) groups is 2. The van der Waals surface area contributed by atoms with Crippen LogP contribution in [-0.4, -0.2) is 35.2 Å². The molecule has 0 spiro atoms. The van der Waals surface area contributed by atoms with Gasteiger partial charge < -0.3 is 19.6 Å². The van der Waals surface area contributed by atoms with Gasteiger partial charge in [-0.05, 0) is 55.3 Å². The molecule has 1 amide bonds. The van der Waals surface area contributed by atoms with E-state index in [2.05, 4.69) is 15.1 Å². The second kappa shape index (κ2) is 11.8. The average Bonchev–Trinajstić information content (AvgIpc) is 3.56. The number of carboxylic acids is 1. The predicted octanol–water partition coefficient (Wildman–Crippen LogP) is 4.90. The summed E-state index contributed by atoms with van der Waals surface area (Å²) in [6.45, 7) is 6.80. The smallest absolute Gasteiger partial charge is 0.356 e. The summed E-state index contributed by atoms with van der Waals surface area (Å²) in [6, 6.07) is 14.8. The van der Waals surface area contributed by atoms with E-state index in [0.29, 0.717) is 17.9 Å². The third kappa shape index (κ3) is 6.08. The molecule has 2 heterocycles. The van der Waals surface area contributed by atoms with Crippen molar-refractivity contribution >= 4 is 27.6 Å². The number of para-hydroxylation sites is 1. The Balaban J connectivity index is 1.83. The highest BCUT2D eigenvalue weighted by molar-refractivity contribution is 7.89. The molecule has 12 heteroatoms. The summed E-state index contributed by atoms with van der Waals surface area (Å²) in [6.07, 6.45) is 2.07. The van der Waals surface area contributed by atoms with E-state index in [-0.39, 0.29) is 51.8 Å². The maximum Gasteiger partial charge on any atom is 0.356 e. The summed E-state index contributed by atoms with van der Waals surface area (Å²) < 4.78 is 42.3. The van der Waals surface area contributed by atoms with Crippen LogP contribution in [-0.2, 0) is 27.8 Å². The average molecular weight is 567 g/mol. The fourth-order valence-corrected chi connectivity index (χ4v) is 5.06. The van der Waals surface area contributed by atoms with E-state index in [1.54, 1.807) is 38.1 Å². The summed E-state index contributed by atoms with van der Waals surface area (Å²) in [5.74, 6) is -1.54. The van der Waals surface area contributed by atoms with Crippen LogP contribution in [0.5, 0.6) is 11.6 Å². The van der Waals surface area contributed by atoms with Gasteiger partial charge in [0, 0.05) is 17.2 Å². The maximum absolute atomic E-state index is 13.5. The summed E-state index contributed by atoms with van der Waals surface area (Å²) in [7, 11) is -4.21. The van der Waals surface area contributed by atoms with E-state index in [1.807, 2.05) is 19.1 Å². The van der Waals surface area contributed by atoms with Crippen LogP contribution in [0, 0.1) is 12.8 Å². The zero-order valence-corrected chi connectivity index (χ0v) is 23.3. The number of nitrogens with one attached hydrogen (secondary N) is 2. The second-order valence-corrected chi connectivity index (χ2v) is 11.0. The lowest BCUT2D eigenvalue weighted by molar-refractivity contribution is -0.118. The third-order valence-corrected chi connectivity index (χ3v) is 7.54. The molecule has 0 aliphatic carbocycles. The molecule has 11 nitrogen and oxygen atoms in total. The largest absolute Gasteiger partial charge is 0.476 e. The first-order valence-corrected chi connectivity index (χ1v) is 14.1. The number of aromatic nitrogens is 2. The standard InChI is InChI=1S/C28H30N4O7S/c1-5-19-9-6-7-11-22(19)32-27(18(4)25(31-32)28(34)35)39-23-13-12-20(30-26(33)17(2)3)15-24(23)40(36,37)29-16-21-10-8-14-38-21/h6-15,17,29H,5,16H2,1-4H3,(H,30,33)(H,34,35). The van der Waals surface area contributed by atoms with Gasteiger partial charge >= 0.3 is 5.97 Å². The first-order chi connectivity index (χ1) is 19.0. The molecule has 0 unspecified atom stereocenters. The van der Waals surface area contributed by atoms with Crippen molar-refractivity contribution in [1.29, 1.82) is 0 Å². The minimum absolute atomic E-state index is 0.0414. The van der Waals surface area contributed by atoms with Crippen molar-refractivity contribution in [1.82, 2.24) is 14.5 Å². The molecular formula is C28H30N4O7S. The minimum atomic E-state index is -4.21. The first kappa shape index (κ1) is 28.6. The van der Waals surface area contributed by atoms with Crippen LogP contribution >= 0.6 is 0 Å². The number of hydrogen-bond acceptors (Lipinski definition) is 7. The van der Waals surface area contributed by atoms with Crippen LogP contribution in [0.15, 0.2) is 70.2 Å². The van der Waals surface area contributed by atoms with Crippen molar-refractivity contribution < 1.29 is 32.3 Å². The Kier molecular flexibility index (Phi) is 8.40. The van der Waals surface area contributed by atoms with Gasteiger partial charge in [-0.3, -0.25) is 4.79 Å². The van der Waals surface area contributed by atoms with Crippen molar-refractivity contribution in [3.63, 3.8) is 0 Å². The van der Waals surface area contributed by atoms with E-state index in [4.69, 9.17) is 9.15 Å². The lowest BCUT2D eigenvalue weighted by atomic mass is 10.1. The van der Waals surface area contributed by atoms with E-state index in [0.717, 1.165) is 5.56 Å². The minimum Gasteiger partial charge on any atom is -0.476 e. The van der Waals surface area contributed by atoms with Crippen molar-refractivity contribution in [2.45, 2.75) is 45.6 Å². The Labute approximate surface area is 231 Å². The molecule has 2 aromatic heterocycles. The summed E-state index contributed by atoms with van der Waals surface area (Å²) in [5.41, 5.74) is 1.70. The van der Waals surface area contributed by atoms with Gasteiger partial charge in [-0.2, -0.15) is 9.78 Å². The predicted molar refractivity (Wildman–Crippen MR) is 147 cm³/mol. The summed E-state index contributed by atoms with van der Waals surface area (Å²) >= 11 is 0. The first-order valence-electron chi connectivity index (χ1n) is 12.6. The maximum atomic E-state index is 13.5. The van der Waals surface area contributed by atoms with Gasteiger partial charge in [0.05, 0.1) is 18.5 Å². The molecule has 0 saturated heterocycles. The van der Waals surface area contributed by atoms with Crippen LogP contribution in [0.25, 0.3) is 5.69 Å². The van der Waals surface area contributed by atoms with Gasteiger partial charge in [-0.1, -0.05) is 39.0 Å². The highest BCUT2D eigenvalue weighted by Crippen LogP contribution is 2.36. The molecule has 0 radical (unpaired) electrons. The van der Waals surface area contributed by atoms with E-state index in [9.17, 15) is 23.1 Å². The fraction of sp³-hybridized carbons (Fsp3) is 0.250. The molecule has 2 aromatic carbocycles. The quantitative estimate of drug-likeness (QED) is 0.232. The summed E-state index contributed by atoms with van der Waals surface area (Å²) in [5, 5.41) is 16.7. The number of aromatic carboxylic acids is 1. The number of anilines is 1. The number of sulfonamides is 1. The Hall–Kier alpha value is -4.42. The molecule has 40 heavy (non-hydrogen) atoms. The topological polar surface area (TPSA) is 153 Å². The van der Waals surface area contributed by atoms with Crippen LogP contribution in [0.2, 0.25) is 0 Å². The number of aryl methyl sites for hydroxylation is 1. The van der Waals surface area contributed by atoms with E-state index in [1.165, 1.54) is 36.1 Å². The second-order valence-electron chi connectivity index (χ2n) is 9.29. The lowest BCUT2D eigenvalue weighted by Gasteiger charge is -2.17. The van der Waals surface area contributed by atoms with Gasteiger partial charge in [0.15, 0.2) is 5.69 Å². The van der Waals surface area contributed by atoms with Crippen LogP contribution in [0.1, 0.15) is 48.1 Å². The molecule has 0 aliphatic heterocycles. The molecule has 3 N–H and O–H groups in total. The number of benzene rings is 2. The number of ether oxygens (including phenoxy) is 1. The highest BCUT2D eigenvalue weighted by Gasteiger charge is 2.27. The van der Waals surface area contributed by atoms with E-state index < -0.39 is 16.0 Å². The van der Waals surface area contributed by atoms with E-state index >= 15 is 0 Å². The highest BCUT2D eigenvalue weighted by atomic mass is 32.2. The molecular weight excluding hydrogens is 536 g/mol. The molecule has 4 aromatic rings. The van der Waals surface area contributed by atoms with Crippen molar-refractivity contribution in [2.75, 3.05) is 5.32 Å². The normalized spacial score (nSPS) is 11.5. The molecule has 0 saturated carbocycles. The number of nitrogens with zero attached hydrogens (tertiary/aromatic N) is 2.